The molecule has 0 aliphatic rings. The normalized spacial score (nSPS) is 9.18. The lowest BCUT2D eigenvalue weighted by molar-refractivity contribution is 0.475. The molecule has 0 amide bonds. The Hall–Kier alpha value is -2.56. The highest BCUT2D eigenvalue weighted by Gasteiger charge is 1.93. The first-order chi connectivity index (χ1) is 7.99. The summed E-state index contributed by atoms with van der Waals surface area (Å²) in [6.07, 6.45) is 0. The molecule has 0 aliphatic heterocycles. The van der Waals surface area contributed by atoms with Gasteiger partial charge in [-0.05, 0) is 42.5 Å². The van der Waals surface area contributed by atoms with E-state index in [2.05, 4.69) is 0 Å². The van der Waals surface area contributed by atoms with Gasteiger partial charge >= 0.3 is 0 Å². The van der Waals surface area contributed by atoms with E-state index in [4.69, 9.17) is 27.4 Å². The van der Waals surface area contributed by atoms with Crippen LogP contribution in [-0.4, -0.2) is 10.2 Å². The Balaban J connectivity index is 0.000000171. The van der Waals surface area contributed by atoms with Crippen LogP contribution in [-0.2, 0) is 0 Å². The van der Waals surface area contributed by atoms with Crippen molar-refractivity contribution >= 4 is 17.1 Å². The molecule has 0 saturated heterocycles. The summed E-state index contributed by atoms with van der Waals surface area (Å²) in [6.45, 7) is 0. The zero-order chi connectivity index (χ0) is 12.8. The number of hydrogen-bond acceptors (Lipinski definition) is 5. The summed E-state index contributed by atoms with van der Waals surface area (Å²) in [5, 5.41) is 17.6. The molecular formula is C12H15N3O2. The predicted octanol–water partition coefficient (Wildman–Crippen LogP) is 1.53. The molecule has 0 aliphatic carbocycles. The van der Waals surface area contributed by atoms with Gasteiger partial charge in [0.25, 0.3) is 0 Å². The third kappa shape index (κ3) is 4.21. The van der Waals surface area contributed by atoms with E-state index in [1.54, 1.807) is 30.3 Å². The average Bonchev–Trinajstić information content (AvgIpc) is 2.29. The Morgan fingerprint density at radius 1 is 0.706 bits per heavy atom. The van der Waals surface area contributed by atoms with Crippen molar-refractivity contribution in [3.63, 3.8) is 0 Å². The van der Waals surface area contributed by atoms with Crippen LogP contribution in [0.1, 0.15) is 0 Å². The fourth-order valence-corrected chi connectivity index (χ4v) is 1.05. The second-order valence-electron chi connectivity index (χ2n) is 3.41. The third-order valence-electron chi connectivity index (χ3n) is 1.94. The molecule has 2 rings (SSSR count). The summed E-state index contributed by atoms with van der Waals surface area (Å²) in [5.41, 5.74) is 17.5. The standard InChI is InChI=1S/C6H8N2O.C6H7NO/c7-4-1-2-6(9)5(8)3-4;7-5-1-3-6(8)4-2-5/h1-3,9H,7-8H2;1-4,8H,7H2. The molecule has 5 heteroatoms. The largest absolute Gasteiger partial charge is 0.508 e. The van der Waals surface area contributed by atoms with Gasteiger partial charge in [-0.1, -0.05) is 0 Å². The highest BCUT2D eigenvalue weighted by Crippen LogP contribution is 2.20. The summed E-state index contributed by atoms with van der Waals surface area (Å²) in [6, 6.07) is 11.0. The van der Waals surface area contributed by atoms with Crippen LogP contribution in [0.25, 0.3) is 0 Å². The Labute approximate surface area is 99.1 Å². The number of anilines is 3. The van der Waals surface area contributed by atoms with Crippen molar-refractivity contribution in [2.45, 2.75) is 0 Å². The van der Waals surface area contributed by atoms with E-state index in [1.807, 2.05) is 0 Å². The molecule has 0 bridgehead atoms. The van der Waals surface area contributed by atoms with E-state index in [0.29, 0.717) is 17.1 Å². The quantitative estimate of drug-likeness (QED) is 0.268. The number of rotatable bonds is 0. The van der Waals surface area contributed by atoms with E-state index in [-0.39, 0.29) is 11.5 Å². The van der Waals surface area contributed by atoms with Crippen molar-refractivity contribution in [2.75, 3.05) is 17.2 Å². The minimum Gasteiger partial charge on any atom is -0.508 e. The van der Waals surface area contributed by atoms with Crippen LogP contribution in [0.4, 0.5) is 17.1 Å². The minimum atomic E-state index is 0.0733. The van der Waals surface area contributed by atoms with Gasteiger partial charge in [-0.15, -0.1) is 0 Å². The van der Waals surface area contributed by atoms with Crippen LogP contribution >= 0.6 is 0 Å². The van der Waals surface area contributed by atoms with Crippen molar-refractivity contribution in [1.29, 1.82) is 0 Å². The lowest BCUT2D eigenvalue weighted by Gasteiger charge is -1.97. The smallest absolute Gasteiger partial charge is 0.138 e. The van der Waals surface area contributed by atoms with E-state index in [1.165, 1.54) is 12.1 Å². The van der Waals surface area contributed by atoms with Crippen LogP contribution in [0, 0.1) is 0 Å². The molecule has 17 heavy (non-hydrogen) atoms. The van der Waals surface area contributed by atoms with Crippen LogP contribution in [0.2, 0.25) is 0 Å². The molecular weight excluding hydrogens is 218 g/mol. The van der Waals surface area contributed by atoms with Gasteiger partial charge in [0.2, 0.25) is 0 Å². The van der Waals surface area contributed by atoms with Crippen LogP contribution in [0.15, 0.2) is 42.5 Å². The van der Waals surface area contributed by atoms with E-state index in [0.717, 1.165) is 0 Å². The third-order valence-corrected chi connectivity index (χ3v) is 1.94. The monoisotopic (exact) mass is 233 g/mol. The molecule has 0 saturated carbocycles. The first-order valence-corrected chi connectivity index (χ1v) is 4.87. The molecule has 8 N–H and O–H groups in total. The van der Waals surface area contributed by atoms with Crippen molar-refractivity contribution < 1.29 is 10.2 Å². The summed E-state index contributed by atoms with van der Waals surface area (Å²) in [5.74, 6) is 0.323. The summed E-state index contributed by atoms with van der Waals surface area (Å²) >= 11 is 0. The molecule has 0 fully saturated rings. The van der Waals surface area contributed by atoms with Crippen molar-refractivity contribution in [2.24, 2.45) is 0 Å². The lowest BCUT2D eigenvalue weighted by Crippen LogP contribution is -1.88. The predicted molar refractivity (Wildman–Crippen MR) is 69.5 cm³/mol. The number of aromatic hydroxyl groups is 2. The average molecular weight is 233 g/mol. The lowest BCUT2D eigenvalue weighted by atomic mass is 10.3. The Morgan fingerprint density at radius 3 is 1.65 bits per heavy atom. The molecule has 0 heterocycles. The number of benzene rings is 2. The number of nitrogens with two attached hydrogens (primary N) is 3. The summed E-state index contributed by atoms with van der Waals surface area (Å²) < 4.78 is 0. The van der Waals surface area contributed by atoms with E-state index < -0.39 is 0 Å². The fraction of sp³-hybridized carbons (Fsp3) is 0. The number of nitrogen functional groups attached to an aromatic ring is 3. The molecule has 2 aromatic carbocycles. The number of hydrogen-bond donors (Lipinski definition) is 5. The second-order valence-corrected chi connectivity index (χ2v) is 3.41. The van der Waals surface area contributed by atoms with Crippen LogP contribution < -0.4 is 17.2 Å². The number of phenolic OH excluding ortho intramolecular Hbond substituents is 2. The zero-order valence-electron chi connectivity index (χ0n) is 9.17. The second kappa shape index (κ2) is 5.50. The number of phenols is 2. The van der Waals surface area contributed by atoms with E-state index >= 15 is 0 Å². The molecule has 0 spiro atoms. The molecule has 5 nitrogen and oxygen atoms in total. The molecule has 0 aromatic heterocycles. The molecule has 90 valence electrons. The SMILES string of the molecule is Nc1ccc(O)c(N)c1.Nc1ccc(O)cc1. The van der Waals surface area contributed by atoms with Crippen molar-refractivity contribution in [3.05, 3.63) is 42.5 Å². The maximum Gasteiger partial charge on any atom is 0.138 e. The Kier molecular flexibility index (Phi) is 4.05. The van der Waals surface area contributed by atoms with Gasteiger partial charge in [-0.2, -0.15) is 0 Å². The minimum absolute atomic E-state index is 0.0733. The Bertz CT molecular complexity index is 463. The van der Waals surface area contributed by atoms with Gasteiger partial charge in [0.1, 0.15) is 11.5 Å². The molecule has 2 aromatic rings. The highest BCUT2D eigenvalue weighted by molar-refractivity contribution is 5.59. The van der Waals surface area contributed by atoms with Gasteiger partial charge in [-0.3, -0.25) is 0 Å². The Morgan fingerprint density at radius 2 is 1.24 bits per heavy atom. The van der Waals surface area contributed by atoms with E-state index in [9.17, 15) is 0 Å². The summed E-state index contributed by atoms with van der Waals surface area (Å²) in [7, 11) is 0. The first-order valence-electron chi connectivity index (χ1n) is 4.87. The van der Waals surface area contributed by atoms with Crippen molar-refractivity contribution in [1.82, 2.24) is 0 Å². The van der Waals surface area contributed by atoms with Gasteiger partial charge < -0.3 is 27.4 Å². The fourth-order valence-electron chi connectivity index (χ4n) is 1.05. The molecule has 0 radical (unpaired) electrons. The maximum absolute atomic E-state index is 8.86. The van der Waals surface area contributed by atoms with Gasteiger partial charge in [0, 0.05) is 11.4 Å². The van der Waals surface area contributed by atoms with Crippen LogP contribution in [0.5, 0.6) is 11.5 Å². The summed E-state index contributed by atoms with van der Waals surface area (Å²) in [4.78, 5) is 0. The van der Waals surface area contributed by atoms with Gasteiger partial charge in [0.05, 0.1) is 5.69 Å². The maximum atomic E-state index is 8.86. The topological polar surface area (TPSA) is 119 Å². The van der Waals surface area contributed by atoms with Gasteiger partial charge in [0.15, 0.2) is 0 Å². The van der Waals surface area contributed by atoms with Crippen LogP contribution in [0.3, 0.4) is 0 Å². The first kappa shape index (κ1) is 12.5. The van der Waals surface area contributed by atoms with Gasteiger partial charge in [-0.25, -0.2) is 0 Å². The van der Waals surface area contributed by atoms with Crippen molar-refractivity contribution in [3.8, 4) is 11.5 Å². The highest BCUT2D eigenvalue weighted by atomic mass is 16.3. The molecule has 0 unspecified atom stereocenters. The zero-order valence-corrected chi connectivity index (χ0v) is 9.17. The molecule has 0 atom stereocenters.